The van der Waals surface area contributed by atoms with Crippen LogP contribution in [0.4, 0.5) is 0 Å². The molecule has 0 saturated heterocycles. The first-order chi connectivity index (χ1) is 5.24. The average molecular weight is 282 g/mol. The number of hydrogen-bond donors (Lipinski definition) is 0. The Hall–Kier alpha value is 0.170. The third-order valence-corrected chi connectivity index (χ3v) is 2.63. The van der Waals surface area contributed by atoms with Gasteiger partial charge in [0, 0.05) is 9.77 Å². The highest BCUT2D eigenvalue weighted by Gasteiger charge is 1.99. The lowest BCUT2D eigenvalue weighted by molar-refractivity contribution is 0.908. The maximum atomic E-state index is 5.70. The van der Waals surface area contributed by atoms with Crippen LogP contribution in [-0.2, 0) is 6.42 Å². The highest BCUT2D eigenvalue weighted by molar-refractivity contribution is 14.1. The third-order valence-electron chi connectivity index (χ3n) is 1.42. The lowest BCUT2D eigenvalue weighted by Gasteiger charge is -2.00. The van der Waals surface area contributed by atoms with E-state index in [4.69, 9.17) is 11.6 Å². The fourth-order valence-electron chi connectivity index (χ4n) is 0.889. The molecule has 0 aliphatic carbocycles. The molecule has 0 atom stereocenters. The fraction of sp³-hybridized carbons (Fsp3) is 0.375. The molecular weight excluding hydrogens is 272 g/mol. The Morgan fingerprint density at radius 3 is 2.91 bits per heavy atom. The molecular formula is C8H9ClIN. The second kappa shape index (κ2) is 4.26. The zero-order valence-corrected chi connectivity index (χ0v) is 9.19. The minimum atomic E-state index is 0.578. The van der Waals surface area contributed by atoms with Gasteiger partial charge in [-0.05, 0) is 40.6 Å². The molecule has 3 heteroatoms. The molecule has 60 valence electrons. The molecule has 0 spiro atoms. The van der Waals surface area contributed by atoms with E-state index >= 15 is 0 Å². The van der Waals surface area contributed by atoms with Crippen molar-refractivity contribution in [3.05, 3.63) is 26.5 Å². The predicted molar refractivity (Wildman–Crippen MR) is 56.0 cm³/mol. The van der Waals surface area contributed by atoms with E-state index in [0.717, 1.165) is 12.8 Å². The van der Waals surface area contributed by atoms with Gasteiger partial charge in [-0.25, -0.2) is 4.98 Å². The quantitative estimate of drug-likeness (QED) is 0.599. The highest BCUT2D eigenvalue weighted by atomic mass is 127. The van der Waals surface area contributed by atoms with Crippen molar-refractivity contribution in [2.75, 3.05) is 0 Å². The monoisotopic (exact) mass is 281 g/mol. The number of halogens is 2. The molecule has 0 radical (unpaired) electrons. The first-order valence-electron chi connectivity index (χ1n) is 3.54. The minimum Gasteiger partial charge on any atom is -0.244 e. The molecule has 1 aromatic rings. The molecule has 0 N–H and O–H groups in total. The highest BCUT2D eigenvalue weighted by Crippen LogP contribution is 2.16. The molecule has 1 aromatic heterocycles. The van der Waals surface area contributed by atoms with Crippen LogP contribution in [-0.4, -0.2) is 4.98 Å². The van der Waals surface area contributed by atoms with Crippen molar-refractivity contribution >= 4 is 34.2 Å². The standard InChI is InChI=1S/C8H9ClIN/c1-2-3-6-5-11-8(9)4-7(6)10/h4-5H,2-3H2,1H3. The van der Waals surface area contributed by atoms with E-state index in [1.807, 2.05) is 12.3 Å². The smallest absolute Gasteiger partial charge is 0.130 e. The van der Waals surface area contributed by atoms with Gasteiger partial charge in [0.25, 0.3) is 0 Å². The summed E-state index contributed by atoms with van der Waals surface area (Å²) in [5, 5.41) is 0.578. The van der Waals surface area contributed by atoms with Crippen molar-refractivity contribution in [3.63, 3.8) is 0 Å². The normalized spacial score (nSPS) is 10.1. The van der Waals surface area contributed by atoms with E-state index in [1.165, 1.54) is 9.13 Å². The molecule has 0 fully saturated rings. The van der Waals surface area contributed by atoms with Gasteiger partial charge in [0.15, 0.2) is 0 Å². The molecule has 0 aromatic carbocycles. The lowest BCUT2D eigenvalue weighted by Crippen LogP contribution is -1.89. The van der Waals surface area contributed by atoms with Gasteiger partial charge in [-0.1, -0.05) is 24.9 Å². The van der Waals surface area contributed by atoms with Crippen LogP contribution in [0.1, 0.15) is 18.9 Å². The van der Waals surface area contributed by atoms with Crippen LogP contribution in [0.5, 0.6) is 0 Å². The van der Waals surface area contributed by atoms with Gasteiger partial charge in [-0.2, -0.15) is 0 Å². The molecule has 0 saturated carbocycles. The summed E-state index contributed by atoms with van der Waals surface area (Å²) in [6.45, 7) is 2.16. The number of aromatic nitrogens is 1. The number of nitrogens with zero attached hydrogens (tertiary/aromatic N) is 1. The summed E-state index contributed by atoms with van der Waals surface area (Å²) in [5.74, 6) is 0. The summed E-state index contributed by atoms with van der Waals surface area (Å²) < 4.78 is 1.21. The van der Waals surface area contributed by atoms with Gasteiger partial charge in [-0.15, -0.1) is 0 Å². The van der Waals surface area contributed by atoms with Crippen molar-refractivity contribution < 1.29 is 0 Å². The summed E-state index contributed by atoms with van der Waals surface area (Å²) in [6, 6.07) is 1.90. The number of pyridine rings is 1. The molecule has 0 bridgehead atoms. The number of aryl methyl sites for hydroxylation is 1. The largest absolute Gasteiger partial charge is 0.244 e. The van der Waals surface area contributed by atoms with E-state index in [0.29, 0.717) is 5.15 Å². The topological polar surface area (TPSA) is 12.9 Å². The first-order valence-corrected chi connectivity index (χ1v) is 4.99. The fourth-order valence-corrected chi connectivity index (χ4v) is 1.93. The predicted octanol–water partition coefficient (Wildman–Crippen LogP) is 3.29. The van der Waals surface area contributed by atoms with Crippen molar-refractivity contribution in [2.45, 2.75) is 19.8 Å². The average Bonchev–Trinajstić information content (AvgIpc) is 1.95. The number of rotatable bonds is 2. The minimum absolute atomic E-state index is 0.578. The molecule has 1 rings (SSSR count). The second-order valence-electron chi connectivity index (χ2n) is 2.35. The van der Waals surface area contributed by atoms with Crippen molar-refractivity contribution in [1.82, 2.24) is 4.98 Å². The van der Waals surface area contributed by atoms with Gasteiger partial charge in [0.2, 0.25) is 0 Å². The van der Waals surface area contributed by atoms with Crippen LogP contribution in [0.2, 0.25) is 5.15 Å². The van der Waals surface area contributed by atoms with Crippen molar-refractivity contribution in [2.24, 2.45) is 0 Å². The van der Waals surface area contributed by atoms with E-state index in [-0.39, 0.29) is 0 Å². The third kappa shape index (κ3) is 2.60. The van der Waals surface area contributed by atoms with Crippen molar-refractivity contribution in [3.8, 4) is 0 Å². The van der Waals surface area contributed by atoms with Crippen molar-refractivity contribution in [1.29, 1.82) is 0 Å². The van der Waals surface area contributed by atoms with Gasteiger partial charge in [-0.3, -0.25) is 0 Å². The summed E-state index contributed by atoms with van der Waals surface area (Å²) in [6.07, 6.45) is 4.09. The summed E-state index contributed by atoms with van der Waals surface area (Å²) in [5.41, 5.74) is 1.29. The van der Waals surface area contributed by atoms with Crippen LogP contribution >= 0.6 is 34.2 Å². The molecule has 1 heterocycles. The molecule has 0 unspecified atom stereocenters. The Balaban J connectivity index is 2.90. The maximum absolute atomic E-state index is 5.70. The van der Waals surface area contributed by atoms with E-state index in [9.17, 15) is 0 Å². The Morgan fingerprint density at radius 1 is 1.64 bits per heavy atom. The summed E-state index contributed by atoms with van der Waals surface area (Å²) in [4.78, 5) is 4.02. The molecule has 0 aliphatic heterocycles. The van der Waals surface area contributed by atoms with E-state index < -0.39 is 0 Å². The zero-order valence-electron chi connectivity index (χ0n) is 6.27. The van der Waals surface area contributed by atoms with Crippen LogP contribution in [0.25, 0.3) is 0 Å². The summed E-state index contributed by atoms with van der Waals surface area (Å²) >= 11 is 7.99. The van der Waals surface area contributed by atoms with Gasteiger partial charge in [0.05, 0.1) is 0 Å². The Kier molecular flexibility index (Phi) is 3.59. The molecule has 0 amide bonds. The van der Waals surface area contributed by atoms with Gasteiger partial charge in [0.1, 0.15) is 5.15 Å². The van der Waals surface area contributed by atoms with E-state index in [1.54, 1.807) is 0 Å². The van der Waals surface area contributed by atoms with Crippen LogP contribution in [0, 0.1) is 3.57 Å². The van der Waals surface area contributed by atoms with Crippen LogP contribution < -0.4 is 0 Å². The van der Waals surface area contributed by atoms with Crippen LogP contribution in [0.15, 0.2) is 12.3 Å². The SMILES string of the molecule is CCCc1cnc(Cl)cc1I. The first kappa shape index (κ1) is 9.26. The number of hydrogen-bond acceptors (Lipinski definition) is 1. The van der Waals surface area contributed by atoms with Gasteiger partial charge < -0.3 is 0 Å². The zero-order chi connectivity index (χ0) is 8.27. The molecule has 1 nitrogen and oxygen atoms in total. The molecule has 11 heavy (non-hydrogen) atoms. The van der Waals surface area contributed by atoms with Crippen LogP contribution in [0.3, 0.4) is 0 Å². The van der Waals surface area contributed by atoms with E-state index in [2.05, 4.69) is 34.5 Å². The van der Waals surface area contributed by atoms with Gasteiger partial charge >= 0.3 is 0 Å². The lowest BCUT2D eigenvalue weighted by atomic mass is 10.2. The Labute approximate surface area is 85.3 Å². The Bertz CT molecular complexity index is 250. The summed E-state index contributed by atoms with van der Waals surface area (Å²) in [7, 11) is 0. The maximum Gasteiger partial charge on any atom is 0.130 e. The molecule has 0 aliphatic rings. The second-order valence-corrected chi connectivity index (χ2v) is 3.90. The Morgan fingerprint density at radius 2 is 2.36 bits per heavy atom.